The van der Waals surface area contributed by atoms with E-state index in [2.05, 4.69) is 29.1 Å². The number of halogens is 1. The number of amidine groups is 1. The molecule has 106 valence electrons. The van der Waals surface area contributed by atoms with Crippen molar-refractivity contribution in [3.8, 4) is 0 Å². The Morgan fingerprint density at radius 3 is 2.53 bits per heavy atom. The molecular formula is C13H21ClN4O. The van der Waals surface area contributed by atoms with Crippen molar-refractivity contribution in [3.63, 3.8) is 0 Å². The Balaban J connectivity index is 2.73. The predicted molar refractivity (Wildman–Crippen MR) is 80.4 cm³/mol. The number of anilines is 1. The molecule has 0 atom stereocenters. The van der Waals surface area contributed by atoms with E-state index in [0.717, 1.165) is 25.2 Å². The summed E-state index contributed by atoms with van der Waals surface area (Å²) >= 11 is 6.22. The van der Waals surface area contributed by atoms with E-state index in [0.29, 0.717) is 10.6 Å². The number of hydrogen-bond donors (Lipinski definition) is 2. The minimum Gasteiger partial charge on any atom is -0.409 e. The molecule has 0 bridgehead atoms. The van der Waals surface area contributed by atoms with Gasteiger partial charge in [0.1, 0.15) is 0 Å². The lowest BCUT2D eigenvalue weighted by atomic mass is 10.2. The van der Waals surface area contributed by atoms with Crippen LogP contribution in [0, 0.1) is 0 Å². The minimum absolute atomic E-state index is 0.0590. The van der Waals surface area contributed by atoms with Gasteiger partial charge < -0.3 is 20.7 Å². The molecule has 1 rings (SSSR count). The number of rotatable bonds is 6. The van der Waals surface area contributed by atoms with Gasteiger partial charge >= 0.3 is 0 Å². The molecule has 0 radical (unpaired) electrons. The molecule has 3 N–H and O–H groups in total. The molecule has 0 heterocycles. The van der Waals surface area contributed by atoms with Crippen LogP contribution in [0.4, 0.5) is 5.69 Å². The smallest absolute Gasteiger partial charge is 0.170 e. The SMILES string of the molecule is CN(C)CCCN(C)c1ccc(C(N)=NO)cc1Cl. The molecule has 6 heteroatoms. The molecule has 0 fully saturated rings. The van der Waals surface area contributed by atoms with Gasteiger partial charge in [0.25, 0.3) is 0 Å². The zero-order valence-electron chi connectivity index (χ0n) is 11.6. The normalized spacial score (nSPS) is 11.9. The van der Waals surface area contributed by atoms with Gasteiger partial charge in [-0.15, -0.1) is 0 Å². The van der Waals surface area contributed by atoms with Gasteiger partial charge in [-0.3, -0.25) is 0 Å². The van der Waals surface area contributed by atoms with Crippen LogP contribution in [-0.4, -0.2) is 50.2 Å². The van der Waals surface area contributed by atoms with Gasteiger partial charge in [0.15, 0.2) is 5.84 Å². The van der Waals surface area contributed by atoms with Crippen molar-refractivity contribution < 1.29 is 5.21 Å². The Labute approximate surface area is 119 Å². The molecule has 1 aromatic carbocycles. The summed E-state index contributed by atoms with van der Waals surface area (Å²) in [5.74, 6) is 0.0590. The molecule has 1 aromatic rings. The summed E-state index contributed by atoms with van der Waals surface area (Å²) in [6.07, 6.45) is 1.06. The summed E-state index contributed by atoms with van der Waals surface area (Å²) < 4.78 is 0. The van der Waals surface area contributed by atoms with Gasteiger partial charge in [-0.2, -0.15) is 0 Å². The fraction of sp³-hybridized carbons (Fsp3) is 0.462. The van der Waals surface area contributed by atoms with E-state index in [1.165, 1.54) is 0 Å². The number of nitrogens with zero attached hydrogens (tertiary/aromatic N) is 3. The fourth-order valence-electron chi connectivity index (χ4n) is 1.78. The largest absolute Gasteiger partial charge is 0.409 e. The van der Waals surface area contributed by atoms with Crippen molar-refractivity contribution >= 4 is 23.1 Å². The summed E-state index contributed by atoms with van der Waals surface area (Å²) in [5.41, 5.74) is 7.07. The van der Waals surface area contributed by atoms with E-state index in [1.807, 2.05) is 13.1 Å². The first kappa shape index (κ1) is 15.6. The van der Waals surface area contributed by atoms with Gasteiger partial charge in [0, 0.05) is 19.2 Å². The van der Waals surface area contributed by atoms with Crippen molar-refractivity contribution in [2.45, 2.75) is 6.42 Å². The molecule has 0 aliphatic carbocycles. The van der Waals surface area contributed by atoms with Crippen LogP contribution in [0.1, 0.15) is 12.0 Å². The van der Waals surface area contributed by atoms with Crippen molar-refractivity contribution in [2.24, 2.45) is 10.9 Å². The Bertz CT molecular complexity index is 448. The maximum atomic E-state index is 8.63. The maximum Gasteiger partial charge on any atom is 0.170 e. The van der Waals surface area contributed by atoms with E-state index in [9.17, 15) is 0 Å². The van der Waals surface area contributed by atoms with Crippen molar-refractivity contribution in [1.29, 1.82) is 0 Å². The second-order valence-electron chi connectivity index (χ2n) is 4.73. The summed E-state index contributed by atoms with van der Waals surface area (Å²) in [7, 11) is 6.11. The Morgan fingerprint density at radius 1 is 1.32 bits per heavy atom. The van der Waals surface area contributed by atoms with Crippen LogP contribution in [-0.2, 0) is 0 Å². The summed E-state index contributed by atoms with van der Waals surface area (Å²) in [4.78, 5) is 4.25. The number of hydrogen-bond acceptors (Lipinski definition) is 4. The van der Waals surface area contributed by atoms with Crippen molar-refractivity contribution in [2.75, 3.05) is 39.1 Å². The van der Waals surface area contributed by atoms with E-state index < -0.39 is 0 Å². The summed E-state index contributed by atoms with van der Waals surface area (Å²) in [6, 6.07) is 5.37. The second kappa shape index (κ2) is 7.21. The second-order valence-corrected chi connectivity index (χ2v) is 5.14. The third kappa shape index (κ3) is 4.61. The van der Waals surface area contributed by atoms with Crippen molar-refractivity contribution in [1.82, 2.24) is 4.90 Å². The Hall–Kier alpha value is -1.46. The number of benzene rings is 1. The molecular weight excluding hydrogens is 264 g/mol. The average molecular weight is 285 g/mol. The van der Waals surface area contributed by atoms with Gasteiger partial charge in [0.05, 0.1) is 10.7 Å². The van der Waals surface area contributed by atoms with E-state index >= 15 is 0 Å². The highest BCUT2D eigenvalue weighted by Gasteiger charge is 2.08. The van der Waals surface area contributed by atoms with Crippen LogP contribution < -0.4 is 10.6 Å². The number of nitrogens with two attached hydrogens (primary N) is 1. The Kier molecular flexibility index (Phi) is 5.92. The lowest BCUT2D eigenvalue weighted by molar-refractivity contribution is 0.318. The highest BCUT2D eigenvalue weighted by Crippen LogP contribution is 2.26. The molecule has 0 amide bonds. The first-order chi connectivity index (χ1) is 8.95. The zero-order valence-corrected chi connectivity index (χ0v) is 12.4. The summed E-state index contributed by atoms with van der Waals surface area (Å²) in [6.45, 7) is 1.95. The average Bonchev–Trinajstić information content (AvgIpc) is 2.36. The molecule has 0 saturated carbocycles. The lowest BCUT2D eigenvalue weighted by Gasteiger charge is -2.22. The van der Waals surface area contributed by atoms with Gasteiger partial charge in [-0.25, -0.2) is 0 Å². The zero-order chi connectivity index (χ0) is 14.4. The monoisotopic (exact) mass is 284 g/mol. The van der Waals surface area contributed by atoms with Crippen LogP contribution in [0.3, 0.4) is 0 Å². The first-order valence-electron chi connectivity index (χ1n) is 6.09. The van der Waals surface area contributed by atoms with Crippen LogP contribution in [0.5, 0.6) is 0 Å². The van der Waals surface area contributed by atoms with E-state index in [4.69, 9.17) is 22.5 Å². The maximum absolute atomic E-state index is 8.63. The topological polar surface area (TPSA) is 65.1 Å². The third-order valence-electron chi connectivity index (χ3n) is 2.86. The molecule has 0 aliphatic heterocycles. The van der Waals surface area contributed by atoms with Gasteiger partial charge in [0.2, 0.25) is 0 Å². The van der Waals surface area contributed by atoms with Gasteiger partial charge in [-0.1, -0.05) is 16.8 Å². The standard InChI is InChI=1S/C13H21ClN4O/c1-17(2)7-4-8-18(3)12-6-5-10(9-11(12)14)13(15)16-19/h5-6,9,19H,4,7-8H2,1-3H3,(H2,15,16). The molecule has 0 aromatic heterocycles. The molecule has 0 saturated heterocycles. The minimum atomic E-state index is 0.0590. The van der Waals surface area contributed by atoms with E-state index in [-0.39, 0.29) is 5.84 Å². The molecule has 0 aliphatic rings. The highest BCUT2D eigenvalue weighted by molar-refractivity contribution is 6.33. The van der Waals surface area contributed by atoms with E-state index in [1.54, 1.807) is 12.1 Å². The summed E-state index contributed by atoms with van der Waals surface area (Å²) in [5, 5.41) is 12.2. The quantitative estimate of drug-likeness (QED) is 0.362. The molecule has 5 nitrogen and oxygen atoms in total. The predicted octanol–water partition coefficient (Wildman–Crippen LogP) is 1.82. The lowest BCUT2D eigenvalue weighted by Crippen LogP contribution is -2.23. The molecule has 0 spiro atoms. The third-order valence-corrected chi connectivity index (χ3v) is 3.16. The van der Waals surface area contributed by atoms with Crippen LogP contribution in [0.2, 0.25) is 5.02 Å². The highest BCUT2D eigenvalue weighted by atomic mass is 35.5. The molecule has 19 heavy (non-hydrogen) atoms. The number of oxime groups is 1. The van der Waals surface area contributed by atoms with Crippen molar-refractivity contribution in [3.05, 3.63) is 28.8 Å². The fourth-order valence-corrected chi connectivity index (χ4v) is 2.10. The van der Waals surface area contributed by atoms with Crippen LogP contribution in [0.15, 0.2) is 23.4 Å². The Morgan fingerprint density at radius 2 is 2.00 bits per heavy atom. The van der Waals surface area contributed by atoms with Crippen LogP contribution in [0.25, 0.3) is 0 Å². The first-order valence-corrected chi connectivity index (χ1v) is 6.46. The molecule has 0 unspecified atom stereocenters. The van der Waals surface area contributed by atoms with Gasteiger partial charge in [-0.05, 0) is 45.3 Å². The van der Waals surface area contributed by atoms with Crippen LogP contribution >= 0.6 is 11.6 Å².